The van der Waals surface area contributed by atoms with Gasteiger partial charge in [-0.05, 0) is 54.7 Å². The van der Waals surface area contributed by atoms with Gasteiger partial charge in [0.15, 0.2) is 6.10 Å². The Kier molecular flexibility index (Phi) is 8.28. The van der Waals surface area contributed by atoms with E-state index in [1.165, 1.54) is 0 Å². The van der Waals surface area contributed by atoms with Crippen molar-refractivity contribution in [2.45, 2.75) is 49.6 Å². The second-order valence-electron chi connectivity index (χ2n) is 9.89. The molecule has 3 aromatic rings. The number of anilines is 1. The summed E-state index contributed by atoms with van der Waals surface area (Å²) >= 11 is 0. The lowest BCUT2D eigenvalue weighted by Gasteiger charge is -2.34. The van der Waals surface area contributed by atoms with E-state index in [4.69, 9.17) is 4.74 Å². The summed E-state index contributed by atoms with van der Waals surface area (Å²) in [6.07, 6.45) is 2.68. The van der Waals surface area contributed by atoms with E-state index in [1.54, 1.807) is 39.5 Å². The number of nitrogens with one attached hydrogen (secondary N) is 1. The van der Waals surface area contributed by atoms with E-state index in [-0.39, 0.29) is 29.7 Å². The zero-order valence-corrected chi connectivity index (χ0v) is 22.6. The molecule has 0 bridgehead atoms. The number of hydrogen-bond donors (Lipinski definition) is 1. The maximum atomic E-state index is 13.4. The van der Waals surface area contributed by atoms with Gasteiger partial charge in [0.25, 0.3) is 5.91 Å². The molecular formula is C30H33N3O5S. The molecule has 204 valence electrons. The third-order valence-electron chi connectivity index (χ3n) is 7.18. The average molecular weight is 548 g/mol. The second kappa shape index (κ2) is 12.0. The molecule has 2 amide bonds. The Morgan fingerprint density at radius 3 is 2.28 bits per heavy atom. The minimum atomic E-state index is -3.49. The molecule has 1 fully saturated rings. The molecule has 1 atom stereocenters. The van der Waals surface area contributed by atoms with E-state index in [9.17, 15) is 18.0 Å². The molecule has 0 spiro atoms. The van der Waals surface area contributed by atoms with Crippen molar-refractivity contribution in [1.82, 2.24) is 9.62 Å². The fourth-order valence-corrected chi connectivity index (χ4v) is 6.49. The van der Waals surface area contributed by atoms with Crippen LogP contribution in [0.2, 0.25) is 0 Å². The van der Waals surface area contributed by atoms with Crippen molar-refractivity contribution >= 4 is 27.5 Å². The molecule has 0 aliphatic carbocycles. The Morgan fingerprint density at radius 1 is 0.846 bits per heavy atom. The smallest absolute Gasteiger partial charge is 0.263 e. The van der Waals surface area contributed by atoms with Gasteiger partial charge in [-0.2, -0.15) is 4.31 Å². The summed E-state index contributed by atoms with van der Waals surface area (Å²) in [6, 6.07) is 23.6. The van der Waals surface area contributed by atoms with Gasteiger partial charge in [0.05, 0.1) is 17.1 Å². The number of rotatable bonds is 8. The molecule has 39 heavy (non-hydrogen) atoms. The maximum absolute atomic E-state index is 13.4. The first-order valence-electron chi connectivity index (χ1n) is 13.4. The molecule has 1 unspecified atom stereocenters. The Morgan fingerprint density at radius 2 is 1.54 bits per heavy atom. The molecule has 0 saturated carbocycles. The van der Waals surface area contributed by atoms with Crippen molar-refractivity contribution in [2.24, 2.45) is 0 Å². The summed E-state index contributed by atoms with van der Waals surface area (Å²) < 4.78 is 33.3. The minimum Gasteiger partial charge on any atom is -0.477 e. The van der Waals surface area contributed by atoms with Crippen molar-refractivity contribution in [2.75, 3.05) is 24.5 Å². The van der Waals surface area contributed by atoms with Crippen LogP contribution in [0.3, 0.4) is 0 Å². The average Bonchev–Trinajstić information content (AvgIpc) is 2.99. The van der Waals surface area contributed by atoms with Crippen molar-refractivity contribution in [1.29, 1.82) is 0 Å². The molecule has 1 N–H and O–H groups in total. The van der Waals surface area contributed by atoms with Gasteiger partial charge in [0.2, 0.25) is 15.9 Å². The number of hydrogen-bond acceptors (Lipinski definition) is 5. The summed E-state index contributed by atoms with van der Waals surface area (Å²) in [7, 11) is -3.49. The molecule has 2 heterocycles. The number of carbonyl (C=O) groups is 2. The van der Waals surface area contributed by atoms with E-state index >= 15 is 0 Å². The highest BCUT2D eigenvalue weighted by Crippen LogP contribution is 2.34. The van der Waals surface area contributed by atoms with Crippen LogP contribution in [0.5, 0.6) is 5.75 Å². The van der Waals surface area contributed by atoms with E-state index in [0.29, 0.717) is 37.5 Å². The summed E-state index contributed by atoms with van der Waals surface area (Å²) in [5.41, 5.74) is 2.49. The van der Waals surface area contributed by atoms with Crippen LogP contribution < -0.4 is 15.0 Å². The van der Waals surface area contributed by atoms with Gasteiger partial charge in [0, 0.05) is 26.1 Å². The van der Waals surface area contributed by atoms with Gasteiger partial charge >= 0.3 is 0 Å². The first-order valence-corrected chi connectivity index (χ1v) is 14.8. The zero-order chi connectivity index (χ0) is 27.2. The van der Waals surface area contributed by atoms with Gasteiger partial charge < -0.3 is 15.0 Å². The van der Waals surface area contributed by atoms with Crippen LogP contribution in [-0.4, -0.2) is 50.3 Å². The normalized spacial score (nSPS) is 17.6. The molecule has 5 rings (SSSR count). The molecule has 0 radical (unpaired) electrons. The fourth-order valence-electron chi connectivity index (χ4n) is 4.97. The summed E-state index contributed by atoms with van der Waals surface area (Å²) in [5, 5.41) is 2.90. The van der Waals surface area contributed by atoms with Gasteiger partial charge in [-0.25, -0.2) is 8.42 Å². The molecule has 3 aromatic carbocycles. The highest BCUT2D eigenvalue weighted by atomic mass is 32.2. The number of para-hydroxylation sites is 2. The molecule has 8 nitrogen and oxygen atoms in total. The van der Waals surface area contributed by atoms with Gasteiger partial charge in [-0.3, -0.25) is 9.59 Å². The van der Waals surface area contributed by atoms with Gasteiger partial charge in [-0.15, -0.1) is 0 Å². The van der Waals surface area contributed by atoms with E-state index in [2.05, 4.69) is 5.32 Å². The van der Waals surface area contributed by atoms with Crippen molar-refractivity contribution in [3.63, 3.8) is 0 Å². The topological polar surface area (TPSA) is 96.0 Å². The zero-order valence-electron chi connectivity index (χ0n) is 21.8. The number of carbonyl (C=O) groups excluding carboxylic acids is 2. The number of fused-ring (bicyclic) bond motifs is 1. The molecule has 2 aliphatic heterocycles. The molecule has 1 saturated heterocycles. The number of benzene rings is 3. The highest BCUT2D eigenvalue weighted by molar-refractivity contribution is 7.89. The van der Waals surface area contributed by atoms with Crippen molar-refractivity contribution < 1.29 is 22.7 Å². The lowest BCUT2D eigenvalue weighted by molar-refractivity contribution is -0.128. The summed E-state index contributed by atoms with van der Waals surface area (Å²) in [4.78, 5) is 28.2. The van der Waals surface area contributed by atoms with E-state index < -0.39 is 16.1 Å². The lowest BCUT2D eigenvalue weighted by Crippen LogP contribution is -2.50. The van der Waals surface area contributed by atoms with E-state index in [1.807, 2.05) is 48.5 Å². The van der Waals surface area contributed by atoms with Crippen LogP contribution in [0.1, 0.15) is 36.8 Å². The molecular weight excluding hydrogens is 514 g/mol. The number of sulfonamides is 1. The van der Waals surface area contributed by atoms with Crippen molar-refractivity contribution in [3.8, 4) is 5.75 Å². The molecule has 9 heteroatoms. The van der Waals surface area contributed by atoms with Crippen molar-refractivity contribution in [3.05, 3.63) is 90.0 Å². The summed E-state index contributed by atoms with van der Waals surface area (Å²) in [6.45, 7) is 1.61. The Balaban J connectivity index is 1.22. The Labute approximate surface area is 229 Å². The third kappa shape index (κ3) is 6.32. The minimum absolute atomic E-state index is 0.115. The highest BCUT2D eigenvalue weighted by Gasteiger charge is 2.33. The lowest BCUT2D eigenvalue weighted by atomic mass is 10.1. The first-order chi connectivity index (χ1) is 18.9. The van der Waals surface area contributed by atoms with E-state index in [0.717, 1.165) is 30.4 Å². The predicted octanol–water partition coefficient (Wildman–Crippen LogP) is 3.90. The van der Waals surface area contributed by atoms with Gasteiger partial charge in [0.1, 0.15) is 5.75 Å². The Hall–Kier alpha value is -3.69. The fraction of sp³-hybridized carbons (Fsp3) is 0.333. The number of aryl methyl sites for hydroxylation is 1. The summed E-state index contributed by atoms with van der Waals surface area (Å²) in [5.74, 6) is 0.0810. The van der Waals surface area contributed by atoms with Crippen LogP contribution >= 0.6 is 0 Å². The van der Waals surface area contributed by atoms with Gasteiger partial charge in [-0.1, -0.05) is 61.0 Å². The third-order valence-corrected chi connectivity index (χ3v) is 9.09. The number of piperidine rings is 1. The molecule has 2 aliphatic rings. The van der Waals surface area contributed by atoms with Crippen LogP contribution in [0.4, 0.5) is 5.69 Å². The van der Waals surface area contributed by atoms with Crippen LogP contribution in [0.15, 0.2) is 83.8 Å². The Bertz CT molecular complexity index is 1400. The number of nitrogens with zero attached hydrogens (tertiary/aromatic N) is 2. The number of amides is 2. The standard InChI is InChI=1S/C30H33N3O5S/c34-29(18-15-23-13-16-25(17-14-23)39(36,37)32-19-7-2-8-20-32)33-22-28(38-27-12-6-5-11-26(27)33)30(35)31-21-24-9-3-1-4-10-24/h1,3-6,9-14,16-17,28H,2,7-8,15,18-22H2,(H,31,35). The predicted molar refractivity (Wildman–Crippen MR) is 149 cm³/mol. The van der Waals surface area contributed by atoms with Crippen LogP contribution in [0.25, 0.3) is 0 Å². The quantitative estimate of drug-likeness (QED) is 0.462. The SMILES string of the molecule is O=C(NCc1ccccc1)C1CN(C(=O)CCc2ccc(S(=O)(=O)N3CCCCC3)cc2)c2ccccc2O1. The first kappa shape index (κ1) is 26.9. The second-order valence-corrected chi connectivity index (χ2v) is 11.8. The largest absolute Gasteiger partial charge is 0.477 e. The maximum Gasteiger partial charge on any atom is 0.263 e. The van der Waals surface area contributed by atoms with Crippen LogP contribution in [0, 0.1) is 0 Å². The monoisotopic (exact) mass is 547 g/mol. The molecule has 0 aromatic heterocycles. The van der Waals surface area contributed by atoms with Crippen LogP contribution in [-0.2, 0) is 32.6 Å². The number of ether oxygens (including phenoxy) is 1.